The number of nitrogens with one attached hydrogen (secondary N) is 1. The van der Waals surface area contributed by atoms with Crippen molar-refractivity contribution >= 4 is 34.2 Å². The fourth-order valence-corrected chi connectivity index (χ4v) is 4.04. The lowest BCUT2D eigenvalue weighted by atomic mass is 10.1. The number of nitriles is 1. The van der Waals surface area contributed by atoms with Gasteiger partial charge >= 0.3 is 11.9 Å². The number of amides is 1. The first-order chi connectivity index (χ1) is 14.3. The molecule has 0 aliphatic carbocycles. The molecule has 0 bridgehead atoms. The minimum Gasteiger partial charge on any atom is -0.465 e. The molecular weight excluding hydrogens is 410 g/mol. The SMILES string of the molecule is CCOC(=O)c1c(NC(=O)Cn2cc(C(=O)OC)cc(C#N)c2=O)sc(C)c1CC. The number of pyridine rings is 1. The van der Waals surface area contributed by atoms with E-state index in [9.17, 15) is 19.2 Å². The summed E-state index contributed by atoms with van der Waals surface area (Å²) in [5, 5.41) is 12.1. The zero-order valence-electron chi connectivity index (χ0n) is 17.0. The number of esters is 2. The fourth-order valence-electron chi connectivity index (χ4n) is 2.90. The minimum absolute atomic E-state index is 0.0334. The van der Waals surface area contributed by atoms with E-state index in [4.69, 9.17) is 10.00 Å². The highest BCUT2D eigenvalue weighted by atomic mass is 32.1. The smallest absolute Gasteiger partial charge is 0.341 e. The minimum atomic E-state index is -0.744. The summed E-state index contributed by atoms with van der Waals surface area (Å²) < 4.78 is 10.7. The summed E-state index contributed by atoms with van der Waals surface area (Å²) in [5.41, 5.74) is 0.0310. The van der Waals surface area contributed by atoms with Gasteiger partial charge in [0.2, 0.25) is 5.91 Å². The van der Waals surface area contributed by atoms with E-state index in [0.717, 1.165) is 34.4 Å². The number of thiophene rings is 1. The highest BCUT2D eigenvalue weighted by Gasteiger charge is 2.24. The Morgan fingerprint density at radius 3 is 2.53 bits per heavy atom. The van der Waals surface area contributed by atoms with E-state index in [2.05, 4.69) is 10.1 Å². The van der Waals surface area contributed by atoms with Gasteiger partial charge in [0, 0.05) is 11.1 Å². The van der Waals surface area contributed by atoms with Crippen LogP contribution in [-0.2, 0) is 27.2 Å². The highest BCUT2D eigenvalue weighted by molar-refractivity contribution is 7.16. The van der Waals surface area contributed by atoms with Crippen LogP contribution in [0.15, 0.2) is 17.1 Å². The van der Waals surface area contributed by atoms with Crippen LogP contribution < -0.4 is 10.9 Å². The second kappa shape index (κ2) is 9.84. The second-order valence-electron chi connectivity index (χ2n) is 6.14. The van der Waals surface area contributed by atoms with Crippen LogP contribution in [0.4, 0.5) is 5.00 Å². The lowest BCUT2D eigenvalue weighted by molar-refractivity contribution is -0.116. The molecule has 0 fully saturated rings. The molecule has 0 spiro atoms. The molecule has 2 rings (SSSR count). The molecule has 0 saturated carbocycles. The molecular formula is C20H21N3O6S. The van der Waals surface area contributed by atoms with Crippen molar-refractivity contribution in [2.24, 2.45) is 0 Å². The van der Waals surface area contributed by atoms with E-state index in [0.29, 0.717) is 17.0 Å². The van der Waals surface area contributed by atoms with Crippen molar-refractivity contribution in [3.05, 3.63) is 49.7 Å². The number of nitrogens with zero attached hydrogens (tertiary/aromatic N) is 2. The van der Waals surface area contributed by atoms with E-state index < -0.39 is 29.9 Å². The van der Waals surface area contributed by atoms with Crippen LogP contribution in [0.5, 0.6) is 0 Å². The molecule has 0 atom stereocenters. The predicted octanol–water partition coefficient (Wildman–Crippen LogP) is 2.25. The van der Waals surface area contributed by atoms with Crippen LogP contribution in [0.3, 0.4) is 0 Å². The second-order valence-corrected chi connectivity index (χ2v) is 7.37. The van der Waals surface area contributed by atoms with Gasteiger partial charge < -0.3 is 19.4 Å². The van der Waals surface area contributed by atoms with E-state index in [1.807, 2.05) is 13.8 Å². The lowest BCUT2D eigenvalue weighted by Crippen LogP contribution is -2.30. The molecule has 30 heavy (non-hydrogen) atoms. The molecule has 1 amide bonds. The number of hydrogen-bond donors (Lipinski definition) is 1. The number of aromatic nitrogens is 1. The Hall–Kier alpha value is -3.45. The molecule has 0 saturated heterocycles. The van der Waals surface area contributed by atoms with Gasteiger partial charge in [0.15, 0.2) is 0 Å². The third kappa shape index (κ3) is 4.75. The van der Waals surface area contributed by atoms with Crippen LogP contribution in [0.1, 0.15) is 50.6 Å². The zero-order valence-corrected chi connectivity index (χ0v) is 17.8. The van der Waals surface area contributed by atoms with Gasteiger partial charge in [0.1, 0.15) is 23.2 Å². The van der Waals surface area contributed by atoms with E-state index >= 15 is 0 Å². The van der Waals surface area contributed by atoms with Gasteiger partial charge in [-0.2, -0.15) is 5.26 Å². The average molecular weight is 431 g/mol. The van der Waals surface area contributed by atoms with Gasteiger partial charge in [-0.05, 0) is 31.9 Å². The van der Waals surface area contributed by atoms with Crippen molar-refractivity contribution in [2.45, 2.75) is 33.7 Å². The Bertz CT molecular complexity index is 1090. The van der Waals surface area contributed by atoms with Crippen LogP contribution in [0.2, 0.25) is 0 Å². The molecule has 9 nitrogen and oxygen atoms in total. The van der Waals surface area contributed by atoms with Crippen LogP contribution in [0.25, 0.3) is 0 Å². The summed E-state index contributed by atoms with van der Waals surface area (Å²) in [7, 11) is 1.16. The summed E-state index contributed by atoms with van der Waals surface area (Å²) in [6.07, 6.45) is 1.73. The molecule has 10 heteroatoms. The summed E-state index contributed by atoms with van der Waals surface area (Å²) in [6, 6.07) is 2.81. The third-order valence-corrected chi connectivity index (χ3v) is 5.30. The Morgan fingerprint density at radius 2 is 1.97 bits per heavy atom. The monoisotopic (exact) mass is 431 g/mol. The molecule has 0 aromatic carbocycles. The quantitative estimate of drug-likeness (QED) is 0.666. The first-order valence-corrected chi connectivity index (χ1v) is 9.91. The van der Waals surface area contributed by atoms with Gasteiger partial charge in [-0.1, -0.05) is 6.92 Å². The van der Waals surface area contributed by atoms with Gasteiger partial charge in [-0.15, -0.1) is 11.3 Å². The summed E-state index contributed by atoms with van der Waals surface area (Å²) in [5.74, 6) is -1.88. The van der Waals surface area contributed by atoms with Crippen LogP contribution >= 0.6 is 11.3 Å². The van der Waals surface area contributed by atoms with Crippen molar-refractivity contribution in [1.82, 2.24) is 4.57 Å². The molecule has 0 aliphatic rings. The zero-order chi connectivity index (χ0) is 22.4. The number of anilines is 1. The van der Waals surface area contributed by atoms with Gasteiger partial charge in [0.25, 0.3) is 5.56 Å². The Morgan fingerprint density at radius 1 is 1.27 bits per heavy atom. The molecule has 158 valence electrons. The van der Waals surface area contributed by atoms with E-state index in [-0.39, 0.29) is 17.7 Å². The molecule has 2 heterocycles. The van der Waals surface area contributed by atoms with Gasteiger partial charge in [0.05, 0.1) is 24.8 Å². The predicted molar refractivity (Wildman–Crippen MR) is 110 cm³/mol. The number of rotatable bonds is 7. The number of aryl methyl sites for hydroxylation is 1. The highest BCUT2D eigenvalue weighted by Crippen LogP contribution is 2.34. The van der Waals surface area contributed by atoms with Crippen LogP contribution in [0, 0.1) is 18.3 Å². The average Bonchev–Trinajstić information content (AvgIpc) is 3.03. The van der Waals surface area contributed by atoms with Crippen molar-refractivity contribution < 1.29 is 23.9 Å². The maximum Gasteiger partial charge on any atom is 0.341 e. The van der Waals surface area contributed by atoms with Crippen molar-refractivity contribution in [2.75, 3.05) is 19.0 Å². The van der Waals surface area contributed by atoms with Crippen molar-refractivity contribution in [1.29, 1.82) is 5.26 Å². The molecule has 2 aromatic heterocycles. The maximum atomic E-state index is 12.6. The topological polar surface area (TPSA) is 127 Å². The largest absolute Gasteiger partial charge is 0.465 e. The van der Waals surface area contributed by atoms with E-state index in [1.165, 1.54) is 11.3 Å². The summed E-state index contributed by atoms with van der Waals surface area (Å²) in [6.45, 7) is 5.15. The Kier molecular flexibility index (Phi) is 7.49. The Labute approximate surface area is 176 Å². The lowest BCUT2D eigenvalue weighted by Gasteiger charge is -2.10. The molecule has 0 aliphatic heterocycles. The van der Waals surface area contributed by atoms with Crippen molar-refractivity contribution in [3.8, 4) is 6.07 Å². The number of carbonyl (C=O) groups is 3. The fraction of sp³-hybridized carbons (Fsp3) is 0.350. The number of methoxy groups -OCH3 is 1. The summed E-state index contributed by atoms with van der Waals surface area (Å²) >= 11 is 1.24. The Balaban J connectivity index is 2.37. The number of ether oxygens (including phenoxy) is 2. The number of hydrogen-bond acceptors (Lipinski definition) is 8. The third-order valence-electron chi connectivity index (χ3n) is 4.24. The first kappa shape index (κ1) is 22.8. The standard InChI is InChI=1S/C20H21N3O6S/c1-5-14-11(3)30-17(16(14)20(27)29-6-2)22-15(24)10-23-9-13(19(26)28-4)7-12(8-21)18(23)25/h7,9H,5-6,10H2,1-4H3,(H,22,24). The maximum absolute atomic E-state index is 12.6. The molecule has 1 N–H and O–H groups in total. The van der Waals surface area contributed by atoms with Crippen molar-refractivity contribution in [3.63, 3.8) is 0 Å². The van der Waals surface area contributed by atoms with Gasteiger partial charge in [-0.3, -0.25) is 9.59 Å². The molecule has 0 unspecified atom stereocenters. The molecule has 2 aromatic rings. The van der Waals surface area contributed by atoms with Gasteiger partial charge in [-0.25, -0.2) is 9.59 Å². The summed E-state index contributed by atoms with van der Waals surface area (Å²) in [4.78, 5) is 50.0. The van der Waals surface area contributed by atoms with Crippen LogP contribution in [-0.4, -0.2) is 36.1 Å². The molecule has 0 radical (unpaired) electrons. The van der Waals surface area contributed by atoms with E-state index in [1.54, 1.807) is 13.0 Å². The number of carbonyl (C=O) groups excluding carboxylic acids is 3. The first-order valence-electron chi connectivity index (χ1n) is 9.09. The normalized spacial score (nSPS) is 10.2.